The summed E-state index contributed by atoms with van der Waals surface area (Å²) in [6, 6.07) is 12.2. The number of likely N-dealkylation sites (tertiary alicyclic amines) is 1. The van der Waals surface area contributed by atoms with E-state index in [1.807, 2.05) is 0 Å². The van der Waals surface area contributed by atoms with Gasteiger partial charge in [-0.05, 0) is 30.5 Å². The quantitative estimate of drug-likeness (QED) is 0.579. The van der Waals surface area contributed by atoms with Crippen molar-refractivity contribution in [1.82, 2.24) is 10.2 Å². The molecular formula is C19H20N4O5. The topological polar surface area (TPSA) is 119 Å². The van der Waals surface area contributed by atoms with Crippen molar-refractivity contribution in [3.8, 4) is 0 Å². The molecule has 1 aliphatic heterocycles. The van der Waals surface area contributed by atoms with E-state index in [9.17, 15) is 25.0 Å². The lowest BCUT2D eigenvalue weighted by molar-refractivity contribution is -0.385. The lowest BCUT2D eigenvalue weighted by Crippen LogP contribution is -2.42. The van der Waals surface area contributed by atoms with Gasteiger partial charge in [-0.2, -0.15) is 0 Å². The number of hydrogen-bond acceptors (Lipinski definition) is 6. The van der Waals surface area contributed by atoms with Crippen molar-refractivity contribution >= 4 is 17.3 Å². The maximum absolute atomic E-state index is 12.6. The van der Waals surface area contributed by atoms with Crippen LogP contribution < -0.4 is 5.32 Å². The van der Waals surface area contributed by atoms with Crippen LogP contribution in [0.15, 0.2) is 48.5 Å². The first-order valence-electron chi connectivity index (χ1n) is 8.92. The maximum atomic E-state index is 12.6. The molecule has 0 aliphatic carbocycles. The lowest BCUT2D eigenvalue weighted by atomic mass is 10.1. The summed E-state index contributed by atoms with van der Waals surface area (Å²) in [5, 5.41) is 24.3. The molecule has 1 fully saturated rings. The summed E-state index contributed by atoms with van der Waals surface area (Å²) < 4.78 is 0. The molecule has 9 nitrogen and oxygen atoms in total. The van der Waals surface area contributed by atoms with Crippen LogP contribution in [-0.2, 0) is 17.9 Å². The number of rotatable bonds is 7. The van der Waals surface area contributed by atoms with Gasteiger partial charge in [-0.15, -0.1) is 0 Å². The number of carbonyl (C=O) groups excluding carboxylic acids is 1. The molecule has 1 N–H and O–H groups in total. The molecular weight excluding hydrogens is 364 g/mol. The van der Waals surface area contributed by atoms with Crippen molar-refractivity contribution in [3.63, 3.8) is 0 Å². The Morgan fingerprint density at radius 3 is 2.04 bits per heavy atom. The van der Waals surface area contributed by atoms with E-state index in [0.717, 1.165) is 30.5 Å². The van der Waals surface area contributed by atoms with Crippen LogP contribution in [0.25, 0.3) is 0 Å². The van der Waals surface area contributed by atoms with E-state index in [1.54, 1.807) is 24.3 Å². The van der Waals surface area contributed by atoms with Gasteiger partial charge in [0.1, 0.15) is 0 Å². The van der Waals surface area contributed by atoms with Gasteiger partial charge in [0.05, 0.1) is 15.9 Å². The molecule has 0 spiro atoms. The maximum Gasteiger partial charge on any atom is 0.269 e. The van der Waals surface area contributed by atoms with Crippen LogP contribution in [0, 0.1) is 20.2 Å². The highest BCUT2D eigenvalue weighted by Crippen LogP contribution is 2.22. The summed E-state index contributed by atoms with van der Waals surface area (Å²) in [5.41, 5.74) is 1.77. The summed E-state index contributed by atoms with van der Waals surface area (Å²) >= 11 is 0. The molecule has 1 unspecified atom stereocenters. The summed E-state index contributed by atoms with van der Waals surface area (Å²) in [6.45, 7) is 1.64. The minimum Gasteiger partial charge on any atom is -0.351 e. The second kappa shape index (κ2) is 8.57. The molecule has 0 aromatic heterocycles. The van der Waals surface area contributed by atoms with Crippen molar-refractivity contribution in [3.05, 3.63) is 79.9 Å². The van der Waals surface area contributed by atoms with Crippen molar-refractivity contribution in [2.75, 3.05) is 6.54 Å². The minimum absolute atomic E-state index is 0.0140. The molecule has 0 saturated carbocycles. The van der Waals surface area contributed by atoms with Crippen molar-refractivity contribution < 1.29 is 14.6 Å². The Morgan fingerprint density at radius 1 is 0.964 bits per heavy atom. The monoisotopic (exact) mass is 384 g/mol. The van der Waals surface area contributed by atoms with E-state index < -0.39 is 9.85 Å². The van der Waals surface area contributed by atoms with E-state index in [0.29, 0.717) is 13.1 Å². The number of carbonyl (C=O) groups is 1. The van der Waals surface area contributed by atoms with Gasteiger partial charge in [0, 0.05) is 37.4 Å². The molecule has 2 aromatic rings. The van der Waals surface area contributed by atoms with Gasteiger partial charge in [0.15, 0.2) is 0 Å². The molecule has 1 heterocycles. The molecule has 146 valence electrons. The fraction of sp³-hybridized carbons (Fsp3) is 0.316. The second-order valence-corrected chi connectivity index (χ2v) is 6.69. The Bertz CT molecular complexity index is 867. The number of nitrogens with zero attached hydrogens (tertiary/aromatic N) is 3. The van der Waals surface area contributed by atoms with Crippen LogP contribution in [-0.4, -0.2) is 33.2 Å². The van der Waals surface area contributed by atoms with Crippen LogP contribution >= 0.6 is 0 Å². The summed E-state index contributed by atoms with van der Waals surface area (Å²) in [7, 11) is 0. The highest BCUT2D eigenvalue weighted by molar-refractivity contribution is 5.82. The van der Waals surface area contributed by atoms with Crippen LogP contribution in [0.2, 0.25) is 0 Å². The number of benzene rings is 2. The highest BCUT2D eigenvalue weighted by Gasteiger charge is 2.30. The fourth-order valence-corrected chi connectivity index (χ4v) is 3.31. The Balaban J connectivity index is 1.56. The first-order valence-corrected chi connectivity index (χ1v) is 8.92. The molecule has 1 saturated heterocycles. The summed E-state index contributed by atoms with van der Waals surface area (Å²) in [6.07, 6.45) is 1.65. The molecule has 1 amide bonds. The van der Waals surface area contributed by atoms with Gasteiger partial charge in [0.25, 0.3) is 11.4 Å². The third-order valence-electron chi connectivity index (χ3n) is 4.81. The molecule has 1 atom stereocenters. The highest BCUT2D eigenvalue weighted by atomic mass is 16.6. The molecule has 1 aliphatic rings. The Morgan fingerprint density at radius 2 is 1.50 bits per heavy atom. The molecule has 3 rings (SSSR count). The summed E-state index contributed by atoms with van der Waals surface area (Å²) in [5.74, 6) is -0.0854. The molecule has 0 bridgehead atoms. The van der Waals surface area contributed by atoms with Crippen LogP contribution in [0.3, 0.4) is 0 Å². The molecule has 9 heteroatoms. The second-order valence-electron chi connectivity index (χ2n) is 6.69. The van der Waals surface area contributed by atoms with Crippen molar-refractivity contribution in [2.45, 2.75) is 32.0 Å². The zero-order valence-electron chi connectivity index (χ0n) is 15.1. The largest absolute Gasteiger partial charge is 0.351 e. The smallest absolute Gasteiger partial charge is 0.269 e. The van der Waals surface area contributed by atoms with Crippen molar-refractivity contribution in [2.24, 2.45) is 0 Å². The average Bonchev–Trinajstić information content (AvgIpc) is 3.15. The van der Waals surface area contributed by atoms with E-state index in [4.69, 9.17) is 0 Å². The normalized spacial score (nSPS) is 16.6. The van der Waals surface area contributed by atoms with E-state index in [-0.39, 0.29) is 23.3 Å². The van der Waals surface area contributed by atoms with Gasteiger partial charge in [-0.3, -0.25) is 29.9 Å². The zero-order chi connectivity index (χ0) is 20.1. The number of non-ortho nitro benzene ring substituents is 2. The molecule has 2 aromatic carbocycles. The third-order valence-corrected chi connectivity index (χ3v) is 4.81. The third kappa shape index (κ3) is 4.68. The Labute approximate surface area is 161 Å². The lowest BCUT2D eigenvalue weighted by Gasteiger charge is -2.23. The SMILES string of the molecule is O=C(NCc1ccc([N+](=O)[O-])cc1)C1CCCN1Cc1ccc([N+](=O)[O-])cc1. The Kier molecular flexibility index (Phi) is 5.95. The standard InChI is InChI=1S/C19H20N4O5/c24-19(20-12-14-3-7-16(8-4-14)22(25)26)18-2-1-11-21(18)13-15-5-9-17(10-6-15)23(27)28/h3-10,18H,1-2,11-13H2,(H,20,24). The van der Waals surface area contributed by atoms with Crippen LogP contribution in [0.5, 0.6) is 0 Å². The van der Waals surface area contributed by atoms with Gasteiger partial charge in [-0.25, -0.2) is 0 Å². The zero-order valence-corrected chi connectivity index (χ0v) is 15.1. The minimum atomic E-state index is -0.461. The number of nitrogens with one attached hydrogen (secondary N) is 1. The number of hydrogen-bond donors (Lipinski definition) is 1. The fourth-order valence-electron chi connectivity index (χ4n) is 3.31. The van der Waals surface area contributed by atoms with E-state index in [1.165, 1.54) is 24.3 Å². The number of amides is 1. The predicted molar refractivity (Wildman–Crippen MR) is 101 cm³/mol. The van der Waals surface area contributed by atoms with Crippen molar-refractivity contribution in [1.29, 1.82) is 0 Å². The first-order chi connectivity index (χ1) is 13.4. The average molecular weight is 384 g/mol. The molecule has 28 heavy (non-hydrogen) atoms. The Hall–Kier alpha value is -3.33. The van der Waals surface area contributed by atoms with Gasteiger partial charge in [-0.1, -0.05) is 24.3 Å². The first kappa shape index (κ1) is 19.4. The van der Waals surface area contributed by atoms with Crippen LogP contribution in [0.4, 0.5) is 11.4 Å². The number of nitro benzene ring substituents is 2. The van der Waals surface area contributed by atoms with Gasteiger partial charge in [0.2, 0.25) is 5.91 Å². The predicted octanol–water partition coefficient (Wildman–Crippen LogP) is 2.78. The van der Waals surface area contributed by atoms with Crippen LogP contribution in [0.1, 0.15) is 24.0 Å². The van der Waals surface area contributed by atoms with Gasteiger partial charge >= 0.3 is 0 Å². The number of nitro groups is 2. The van der Waals surface area contributed by atoms with E-state index >= 15 is 0 Å². The van der Waals surface area contributed by atoms with E-state index in [2.05, 4.69) is 10.2 Å². The molecule has 0 radical (unpaired) electrons. The summed E-state index contributed by atoms with van der Waals surface area (Å²) in [4.78, 5) is 35.2. The van der Waals surface area contributed by atoms with Gasteiger partial charge < -0.3 is 5.32 Å².